The Morgan fingerprint density at radius 3 is 2.64 bits per heavy atom. The molecule has 0 spiro atoms. The number of Topliss-reactive ketones (excluding diaryl/α,β-unsaturated/α-hetero) is 1. The lowest BCUT2D eigenvalue weighted by Crippen LogP contribution is -2.26. The fraction of sp³-hybridized carbons (Fsp3) is 0.429. The molecule has 78 valence electrons. The Morgan fingerprint density at radius 1 is 1.64 bits per heavy atom. The fourth-order valence-corrected chi connectivity index (χ4v) is 1.19. The zero-order valence-electron chi connectivity index (χ0n) is 7.10. The maximum Gasteiger partial charge on any atom is 0.456 e. The van der Waals surface area contributed by atoms with Gasteiger partial charge in [-0.1, -0.05) is 11.6 Å². The monoisotopic (exact) mass is 226 g/mol. The van der Waals surface area contributed by atoms with Crippen LogP contribution in [0, 0.1) is 0 Å². The number of carbonyl (C=O) groups is 1. The van der Waals surface area contributed by atoms with Crippen molar-refractivity contribution in [3.63, 3.8) is 0 Å². The van der Waals surface area contributed by atoms with E-state index in [0.717, 1.165) is 10.9 Å². The van der Waals surface area contributed by atoms with Gasteiger partial charge in [-0.15, -0.1) is 0 Å². The smallest absolute Gasteiger partial charge is 0.282 e. The van der Waals surface area contributed by atoms with Gasteiger partial charge in [0.05, 0.1) is 11.2 Å². The largest absolute Gasteiger partial charge is 0.456 e. The zero-order valence-corrected chi connectivity index (χ0v) is 7.85. The van der Waals surface area contributed by atoms with Crippen LogP contribution >= 0.6 is 11.6 Å². The number of carbonyl (C=O) groups excluding carboxylic acids is 1. The molecule has 3 nitrogen and oxygen atoms in total. The quantitative estimate of drug-likeness (QED) is 0.726. The Balaban J connectivity index is 3.18. The summed E-state index contributed by atoms with van der Waals surface area (Å²) in [5.74, 6) is -1.97. The lowest BCUT2D eigenvalue weighted by atomic mass is 10.3. The van der Waals surface area contributed by atoms with Gasteiger partial charge in [0.1, 0.15) is 5.69 Å². The maximum atomic E-state index is 12.1. The van der Waals surface area contributed by atoms with E-state index >= 15 is 0 Å². The molecule has 0 saturated carbocycles. The molecule has 14 heavy (non-hydrogen) atoms. The Bertz CT molecular complexity index is 358. The van der Waals surface area contributed by atoms with Crippen LogP contribution in [0.4, 0.5) is 13.2 Å². The van der Waals surface area contributed by atoms with E-state index in [4.69, 9.17) is 11.6 Å². The Hall–Kier alpha value is -1.04. The van der Waals surface area contributed by atoms with Gasteiger partial charge in [0.25, 0.3) is 5.78 Å². The van der Waals surface area contributed by atoms with Crippen molar-refractivity contribution in [2.45, 2.75) is 19.6 Å². The number of aryl methyl sites for hydroxylation is 1. The van der Waals surface area contributed by atoms with Crippen LogP contribution in [-0.4, -0.2) is 21.7 Å². The first kappa shape index (κ1) is 11.0. The molecule has 0 atom stereocenters. The van der Waals surface area contributed by atoms with Crippen molar-refractivity contribution < 1.29 is 18.0 Å². The first-order chi connectivity index (χ1) is 6.38. The molecule has 0 aliphatic carbocycles. The highest BCUT2D eigenvalue weighted by atomic mass is 35.5. The van der Waals surface area contributed by atoms with Gasteiger partial charge in [-0.25, -0.2) is 0 Å². The number of aromatic nitrogens is 2. The summed E-state index contributed by atoms with van der Waals surface area (Å²) in [6.45, 7) is 1.72. The third-order valence-electron chi connectivity index (χ3n) is 1.57. The third kappa shape index (κ3) is 1.89. The Morgan fingerprint density at radius 2 is 2.21 bits per heavy atom. The van der Waals surface area contributed by atoms with E-state index in [1.165, 1.54) is 0 Å². The molecule has 1 heterocycles. The lowest BCUT2D eigenvalue weighted by molar-refractivity contribution is -0.0891. The summed E-state index contributed by atoms with van der Waals surface area (Å²) >= 11 is 5.42. The Labute approximate surface area is 82.5 Å². The SMILES string of the molecule is CCn1ncc(Cl)c1C(=O)C(F)(F)F. The topological polar surface area (TPSA) is 34.9 Å². The van der Waals surface area contributed by atoms with Gasteiger partial charge in [0, 0.05) is 6.54 Å². The molecule has 0 radical (unpaired) electrons. The number of hydrogen-bond acceptors (Lipinski definition) is 2. The van der Waals surface area contributed by atoms with Gasteiger partial charge in [-0.05, 0) is 6.92 Å². The van der Waals surface area contributed by atoms with Crippen molar-refractivity contribution in [2.24, 2.45) is 0 Å². The third-order valence-corrected chi connectivity index (χ3v) is 1.84. The van der Waals surface area contributed by atoms with Crippen molar-refractivity contribution in [1.29, 1.82) is 0 Å². The summed E-state index contributed by atoms with van der Waals surface area (Å²) in [4.78, 5) is 10.9. The molecule has 1 aromatic heterocycles. The average Bonchev–Trinajstić information content (AvgIpc) is 2.43. The zero-order chi connectivity index (χ0) is 10.9. The van der Waals surface area contributed by atoms with Crippen LogP contribution in [0.2, 0.25) is 5.02 Å². The number of alkyl halides is 3. The minimum atomic E-state index is -4.92. The summed E-state index contributed by atoms with van der Waals surface area (Å²) < 4.78 is 37.1. The van der Waals surface area contributed by atoms with Crippen LogP contribution in [-0.2, 0) is 6.54 Å². The second-order valence-electron chi connectivity index (χ2n) is 2.48. The molecule has 1 aromatic rings. The summed E-state index contributed by atoms with van der Waals surface area (Å²) in [6, 6.07) is 0. The number of hydrogen-bond donors (Lipinski definition) is 0. The number of ketones is 1. The van der Waals surface area contributed by atoms with Gasteiger partial charge in [0.15, 0.2) is 0 Å². The minimum Gasteiger partial charge on any atom is -0.282 e. The van der Waals surface area contributed by atoms with Gasteiger partial charge >= 0.3 is 6.18 Å². The summed E-state index contributed by atoms with van der Waals surface area (Å²) in [5, 5.41) is 3.25. The summed E-state index contributed by atoms with van der Waals surface area (Å²) in [7, 11) is 0. The van der Waals surface area contributed by atoms with Gasteiger partial charge in [0.2, 0.25) is 0 Å². The van der Waals surface area contributed by atoms with Gasteiger partial charge < -0.3 is 0 Å². The molecular weight excluding hydrogens is 221 g/mol. The highest BCUT2D eigenvalue weighted by Crippen LogP contribution is 2.25. The molecular formula is C7H6ClF3N2O. The minimum absolute atomic E-state index is 0.157. The predicted molar refractivity (Wildman–Crippen MR) is 43.3 cm³/mol. The lowest BCUT2D eigenvalue weighted by Gasteiger charge is -2.06. The highest BCUT2D eigenvalue weighted by Gasteiger charge is 2.42. The van der Waals surface area contributed by atoms with Crippen molar-refractivity contribution in [1.82, 2.24) is 9.78 Å². The van der Waals surface area contributed by atoms with Crippen LogP contribution in [0.25, 0.3) is 0 Å². The van der Waals surface area contributed by atoms with E-state index in [1.54, 1.807) is 6.92 Å². The second kappa shape index (κ2) is 3.61. The average molecular weight is 227 g/mol. The number of nitrogens with zero attached hydrogens (tertiary/aromatic N) is 2. The van der Waals surface area contributed by atoms with E-state index in [1.807, 2.05) is 0 Å². The van der Waals surface area contributed by atoms with E-state index < -0.39 is 17.7 Å². The molecule has 0 amide bonds. The predicted octanol–water partition coefficient (Wildman–Crippen LogP) is 2.30. The molecule has 0 aliphatic heterocycles. The van der Waals surface area contributed by atoms with Crippen molar-refractivity contribution in [3.05, 3.63) is 16.9 Å². The molecule has 0 N–H and O–H groups in total. The first-order valence-electron chi connectivity index (χ1n) is 3.70. The molecule has 7 heteroatoms. The Kier molecular flexibility index (Phi) is 2.84. The van der Waals surface area contributed by atoms with E-state index in [9.17, 15) is 18.0 Å². The molecule has 0 aromatic carbocycles. The van der Waals surface area contributed by atoms with Crippen LogP contribution in [0.1, 0.15) is 17.4 Å². The fourth-order valence-electron chi connectivity index (χ4n) is 0.962. The van der Waals surface area contributed by atoms with Crippen LogP contribution < -0.4 is 0 Å². The highest BCUT2D eigenvalue weighted by molar-refractivity contribution is 6.33. The van der Waals surface area contributed by atoms with Gasteiger partial charge in [-0.3, -0.25) is 9.48 Å². The molecule has 0 saturated heterocycles. The van der Waals surface area contributed by atoms with Crippen molar-refractivity contribution in [3.8, 4) is 0 Å². The van der Waals surface area contributed by atoms with E-state index in [2.05, 4.69) is 5.10 Å². The van der Waals surface area contributed by atoms with Crippen molar-refractivity contribution >= 4 is 17.4 Å². The molecule has 0 bridgehead atoms. The van der Waals surface area contributed by atoms with Gasteiger partial charge in [-0.2, -0.15) is 18.3 Å². The van der Waals surface area contributed by atoms with E-state index in [0.29, 0.717) is 0 Å². The molecule has 0 unspecified atom stereocenters. The second-order valence-corrected chi connectivity index (χ2v) is 2.89. The van der Waals surface area contributed by atoms with Crippen LogP contribution in [0.15, 0.2) is 6.20 Å². The van der Waals surface area contributed by atoms with Crippen molar-refractivity contribution in [2.75, 3.05) is 0 Å². The number of rotatable bonds is 2. The summed E-state index contributed by atoms with van der Waals surface area (Å²) in [5.41, 5.74) is -0.610. The number of halogens is 4. The summed E-state index contributed by atoms with van der Waals surface area (Å²) in [6.07, 6.45) is -3.90. The molecule has 0 aliphatic rings. The molecule has 0 fully saturated rings. The molecule has 1 rings (SSSR count). The standard InChI is InChI=1S/C7H6ClF3N2O/c1-2-13-5(4(8)3-12-13)6(14)7(9,10)11/h3H,2H2,1H3. The maximum absolute atomic E-state index is 12.1. The first-order valence-corrected chi connectivity index (χ1v) is 4.08. The van der Waals surface area contributed by atoms with E-state index in [-0.39, 0.29) is 11.6 Å². The normalized spacial score (nSPS) is 11.8. The van der Waals surface area contributed by atoms with Crippen LogP contribution in [0.5, 0.6) is 0 Å². The van der Waals surface area contributed by atoms with Crippen LogP contribution in [0.3, 0.4) is 0 Å².